The van der Waals surface area contributed by atoms with E-state index in [0.29, 0.717) is 6.04 Å². The molecule has 19 heavy (non-hydrogen) atoms. The molecule has 2 aliphatic rings. The molecule has 3 heterocycles. The SMILES string of the molecule is CN1CCN(C)C(c2nc(=S)c3c([nH]2)CCNC3)C1. The molecule has 5 nitrogen and oxygen atoms in total. The Morgan fingerprint density at radius 1 is 1.32 bits per heavy atom. The number of nitrogens with zero attached hydrogens (tertiary/aromatic N) is 3. The highest BCUT2D eigenvalue weighted by Gasteiger charge is 2.26. The zero-order chi connectivity index (χ0) is 13.4. The fourth-order valence-electron chi connectivity index (χ4n) is 2.85. The van der Waals surface area contributed by atoms with Crippen molar-refractivity contribution in [1.29, 1.82) is 0 Å². The molecule has 2 aliphatic heterocycles. The van der Waals surface area contributed by atoms with E-state index in [1.807, 2.05) is 0 Å². The third-order valence-electron chi connectivity index (χ3n) is 4.14. The van der Waals surface area contributed by atoms with E-state index in [1.54, 1.807) is 0 Å². The van der Waals surface area contributed by atoms with Gasteiger partial charge in [0, 0.05) is 50.4 Å². The second kappa shape index (κ2) is 5.28. The number of aromatic amines is 1. The van der Waals surface area contributed by atoms with Crippen LogP contribution in [0.2, 0.25) is 0 Å². The van der Waals surface area contributed by atoms with Crippen LogP contribution in [0.1, 0.15) is 23.1 Å². The lowest BCUT2D eigenvalue weighted by Gasteiger charge is -2.37. The van der Waals surface area contributed by atoms with Crippen LogP contribution in [0.4, 0.5) is 0 Å². The second-order valence-electron chi connectivity index (χ2n) is 5.57. The standard InChI is InChI=1S/C13H21N5S/c1-17-5-6-18(2)11(8-17)12-15-10-3-4-14-7-9(10)13(19)16-12/h11,14H,3-8H2,1-2H3,(H,15,16,19). The van der Waals surface area contributed by atoms with Crippen molar-refractivity contribution in [2.45, 2.75) is 19.0 Å². The average molecular weight is 279 g/mol. The molecule has 0 bridgehead atoms. The van der Waals surface area contributed by atoms with Crippen molar-refractivity contribution in [1.82, 2.24) is 25.1 Å². The first-order valence-corrected chi connectivity index (χ1v) is 7.27. The number of hydrogen-bond donors (Lipinski definition) is 2. The van der Waals surface area contributed by atoms with Crippen LogP contribution in [0, 0.1) is 4.64 Å². The fraction of sp³-hybridized carbons (Fsp3) is 0.692. The van der Waals surface area contributed by atoms with Gasteiger partial charge in [0.2, 0.25) is 0 Å². The fourth-order valence-corrected chi connectivity index (χ4v) is 3.14. The molecule has 1 fully saturated rings. The van der Waals surface area contributed by atoms with E-state index in [1.165, 1.54) is 11.3 Å². The maximum Gasteiger partial charge on any atom is 0.134 e. The minimum atomic E-state index is 0.320. The number of hydrogen-bond acceptors (Lipinski definition) is 5. The van der Waals surface area contributed by atoms with E-state index in [2.05, 4.69) is 39.2 Å². The van der Waals surface area contributed by atoms with E-state index < -0.39 is 0 Å². The number of fused-ring (bicyclic) bond motifs is 1. The van der Waals surface area contributed by atoms with Gasteiger partial charge in [-0.15, -0.1) is 0 Å². The number of nitrogens with one attached hydrogen (secondary N) is 2. The van der Waals surface area contributed by atoms with Crippen molar-refractivity contribution in [3.63, 3.8) is 0 Å². The van der Waals surface area contributed by atoms with Crippen LogP contribution in [0.5, 0.6) is 0 Å². The second-order valence-corrected chi connectivity index (χ2v) is 5.96. The molecule has 0 saturated carbocycles. The van der Waals surface area contributed by atoms with Crippen LogP contribution in [0.25, 0.3) is 0 Å². The molecule has 1 atom stereocenters. The maximum atomic E-state index is 5.46. The van der Waals surface area contributed by atoms with Gasteiger partial charge in [-0.05, 0) is 14.1 Å². The molecule has 1 saturated heterocycles. The molecule has 1 unspecified atom stereocenters. The van der Waals surface area contributed by atoms with Gasteiger partial charge in [0.1, 0.15) is 10.5 Å². The van der Waals surface area contributed by atoms with Gasteiger partial charge >= 0.3 is 0 Å². The molecule has 6 heteroatoms. The average Bonchev–Trinajstić information content (AvgIpc) is 2.41. The Morgan fingerprint density at radius 2 is 2.16 bits per heavy atom. The number of likely N-dealkylation sites (N-methyl/N-ethyl adjacent to an activating group) is 2. The highest BCUT2D eigenvalue weighted by Crippen LogP contribution is 2.22. The molecular formula is C13H21N5S. The van der Waals surface area contributed by atoms with Gasteiger partial charge in [0.05, 0.1) is 6.04 Å². The van der Waals surface area contributed by atoms with Gasteiger partial charge < -0.3 is 15.2 Å². The predicted octanol–water partition coefficient (Wildman–Crippen LogP) is 0.703. The summed E-state index contributed by atoms with van der Waals surface area (Å²) in [5, 5.41) is 3.35. The molecule has 0 amide bonds. The van der Waals surface area contributed by atoms with Gasteiger partial charge in [-0.2, -0.15) is 0 Å². The van der Waals surface area contributed by atoms with E-state index in [0.717, 1.165) is 49.6 Å². The Balaban J connectivity index is 1.96. The first kappa shape index (κ1) is 13.2. The molecule has 3 rings (SSSR count). The third kappa shape index (κ3) is 2.58. The minimum Gasteiger partial charge on any atom is -0.345 e. The molecule has 0 aliphatic carbocycles. The molecule has 104 valence electrons. The van der Waals surface area contributed by atoms with Crippen molar-refractivity contribution in [3.8, 4) is 0 Å². The number of piperazine rings is 1. The summed E-state index contributed by atoms with van der Waals surface area (Å²) in [6.07, 6.45) is 1.01. The highest BCUT2D eigenvalue weighted by atomic mass is 32.1. The van der Waals surface area contributed by atoms with Crippen molar-refractivity contribution >= 4 is 12.2 Å². The number of aromatic nitrogens is 2. The minimum absolute atomic E-state index is 0.320. The van der Waals surface area contributed by atoms with Crippen LogP contribution in [0.3, 0.4) is 0 Å². The zero-order valence-electron chi connectivity index (χ0n) is 11.6. The zero-order valence-corrected chi connectivity index (χ0v) is 12.4. The number of rotatable bonds is 1. The van der Waals surface area contributed by atoms with Crippen LogP contribution in [0.15, 0.2) is 0 Å². The Morgan fingerprint density at radius 3 is 3.00 bits per heavy atom. The molecule has 2 N–H and O–H groups in total. The lowest BCUT2D eigenvalue weighted by molar-refractivity contribution is 0.109. The van der Waals surface area contributed by atoms with Crippen LogP contribution >= 0.6 is 12.2 Å². The van der Waals surface area contributed by atoms with E-state index in [4.69, 9.17) is 12.2 Å². The van der Waals surface area contributed by atoms with Gasteiger partial charge in [-0.25, -0.2) is 4.98 Å². The first-order valence-electron chi connectivity index (χ1n) is 6.86. The molecule has 1 aromatic rings. The lowest BCUT2D eigenvalue weighted by atomic mass is 10.1. The quantitative estimate of drug-likeness (QED) is 0.741. The van der Waals surface area contributed by atoms with Crippen LogP contribution in [-0.4, -0.2) is 60.0 Å². The summed E-state index contributed by atoms with van der Waals surface area (Å²) in [5.74, 6) is 1.03. The summed E-state index contributed by atoms with van der Waals surface area (Å²) >= 11 is 5.46. The summed E-state index contributed by atoms with van der Waals surface area (Å²) in [4.78, 5) is 12.9. The monoisotopic (exact) mass is 279 g/mol. The molecule has 1 aromatic heterocycles. The maximum absolute atomic E-state index is 5.46. The smallest absolute Gasteiger partial charge is 0.134 e. The van der Waals surface area contributed by atoms with Crippen LogP contribution in [-0.2, 0) is 13.0 Å². The van der Waals surface area contributed by atoms with Crippen molar-refractivity contribution in [2.24, 2.45) is 0 Å². The Labute approximate surface area is 119 Å². The van der Waals surface area contributed by atoms with E-state index in [9.17, 15) is 0 Å². The summed E-state index contributed by atoms with van der Waals surface area (Å²) < 4.78 is 0.762. The lowest BCUT2D eigenvalue weighted by Crippen LogP contribution is -2.45. The molecule has 0 radical (unpaired) electrons. The number of H-pyrrole nitrogens is 1. The third-order valence-corrected chi connectivity index (χ3v) is 4.48. The Hall–Kier alpha value is -0.820. The van der Waals surface area contributed by atoms with Gasteiger partial charge in [-0.1, -0.05) is 12.2 Å². The van der Waals surface area contributed by atoms with Crippen molar-refractivity contribution < 1.29 is 0 Å². The van der Waals surface area contributed by atoms with Gasteiger partial charge in [-0.3, -0.25) is 4.90 Å². The van der Waals surface area contributed by atoms with Crippen molar-refractivity contribution in [3.05, 3.63) is 21.7 Å². The normalized spacial score (nSPS) is 25.3. The van der Waals surface area contributed by atoms with E-state index in [-0.39, 0.29) is 0 Å². The predicted molar refractivity (Wildman–Crippen MR) is 77.7 cm³/mol. The van der Waals surface area contributed by atoms with E-state index >= 15 is 0 Å². The summed E-state index contributed by atoms with van der Waals surface area (Å²) in [5.41, 5.74) is 2.45. The molecular weight excluding hydrogens is 258 g/mol. The molecule has 0 aromatic carbocycles. The van der Waals surface area contributed by atoms with Crippen LogP contribution < -0.4 is 5.32 Å². The van der Waals surface area contributed by atoms with Gasteiger partial charge in [0.15, 0.2) is 0 Å². The highest BCUT2D eigenvalue weighted by molar-refractivity contribution is 7.71. The summed E-state index contributed by atoms with van der Waals surface area (Å²) in [6, 6.07) is 0.320. The Kier molecular flexibility index (Phi) is 3.66. The largest absolute Gasteiger partial charge is 0.345 e. The summed E-state index contributed by atoms with van der Waals surface area (Å²) in [6.45, 7) is 5.05. The summed E-state index contributed by atoms with van der Waals surface area (Å²) in [7, 11) is 4.33. The van der Waals surface area contributed by atoms with Crippen molar-refractivity contribution in [2.75, 3.05) is 40.3 Å². The van der Waals surface area contributed by atoms with Gasteiger partial charge in [0.25, 0.3) is 0 Å². The Bertz CT molecular complexity index is 526. The first-order chi connectivity index (χ1) is 9.15. The topological polar surface area (TPSA) is 47.2 Å². The molecule has 0 spiro atoms.